The van der Waals surface area contributed by atoms with Gasteiger partial charge in [0.05, 0.1) is 6.54 Å². The third kappa shape index (κ3) is 3.08. The molecule has 0 saturated carbocycles. The van der Waals surface area contributed by atoms with Crippen molar-refractivity contribution in [3.05, 3.63) is 30.1 Å². The number of fused-ring (bicyclic) bond motifs is 1. The minimum atomic E-state index is 0.221. The summed E-state index contributed by atoms with van der Waals surface area (Å²) in [5.41, 5.74) is 2.13. The van der Waals surface area contributed by atoms with Crippen LogP contribution >= 0.6 is 0 Å². The van der Waals surface area contributed by atoms with E-state index in [1.54, 1.807) is 6.20 Å². The number of pyridine rings is 1. The Hall–Kier alpha value is -1.88. The number of aromatic amines is 1. The Balaban J connectivity index is 1.74. The van der Waals surface area contributed by atoms with Crippen molar-refractivity contribution in [1.29, 1.82) is 0 Å². The molecule has 0 aliphatic carbocycles. The monoisotopic (exact) mass is 286 g/mol. The zero-order chi connectivity index (χ0) is 14.8. The molecule has 1 N–H and O–H groups in total. The molecule has 5 heteroatoms. The van der Waals surface area contributed by atoms with Crippen LogP contribution in [0.1, 0.15) is 24.5 Å². The standard InChI is InChI=1S/C16H22N4O/c1-19(2)11-15(21)20-8-4-6-13(10-20)14-9-12-5-3-7-17-16(12)18-14/h3,5,7,9,13H,4,6,8,10-11H2,1-2H3,(H,17,18)/t13-/m0/s1. The van der Waals surface area contributed by atoms with Crippen LogP contribution in [0.4, 0.5) is 0 Å². The molecule has 0 aromatic carbocycles. The Bertz CT molecular complexity index is 601. The quantitative estimate of drug-likeness (QED) is 0.936. The predicted octanol–water partition coefficient (Wildman–Crippen LogP) is 1.83. The highest BCUT2D eigenvalue weighted by Crippen LogP contribution is 2.28. The van der Waals surface area contributed by atoms with Gasteiger partial charge in [-0.15, -0.1) is 0 Å². The molecule has 21 heavy (non-hydrogen) atoms. The largest absolute Gasteiger partial charge is 0.343 e. The molecule has 5 nitrogen and oxygen atoms in total. The van der Waals surface area contributed by atoms with Crippen molar-refractivity contribution < 1.29 is 4.79 Å². The molecule has 0 spiro atoms. The van der Waals surface area contributed by atoms with E-state index in [0.29, 0.717) is 12.5 Å². The molecule has 1 aliphatic rings. The van der Waals surface area contributed by atoms with Crippen LogP contribution < -0.4 is 0 Å². The van der Waals surface area contributed by atoms with Gasteiger partial charge in [-0.1, -0.05) is 0 Å². The van der Waals surface area contributed by atoms with Gasteiger partial charge in [-0.05, 0) is 45.1 Å². The highest BCUT2D eigenvalue weighted by molar-refractivity contribution is 5.79. The fraction of sp³-hybridized carbons (Fsp3) is 0.500. The molecule has 3 rings (SSSR count). The summed E-state index contributed by atoms with van der Waals surface area (Å²) < 4.78 is 0. The molecular weight excluding hydrogens is 264 g/mol. The second kappa shape index (κ2) is 5.85. The summed E-state index contributed by atoms with van der Waals surface area (Å²) in [5, 5.41) is 1.14. The first kappa shape index (κ1) is 14.1. The Morgan fingerprint density at radius 2 is 2.38 bits per heavy atom. The normalized spacial score (nSPS) is 19.4. The van der Waals surface area contributed by atoms with Crippen LogP contribution in [0, 0.1) is 0 Å². The number of amides is 1. The van der Waals surface area contributed by atoms with Gasteiger partial charge < -0.3 is 14.8 Å². The summed E-state index contributed by atoms with van der Waals surface area (Å²) in [4.78, 5) is 23.9. The summed E-state index contributed by atoms with van der Waals surface area (Å²) in [5.74, 6) is 0.609. The van der Waals surface area contributed by atoms with E-state index in [1.807, 2.05) is 30.0 Å². The van der Waals surface area contributed by atoms with Crippen LogP contribution in [0.5, 0.6) is 0 Å². The zero-order valence-electron chi connectivity index (χ0n) is 12.7. The number of rotatable bonds is 3. The molecule has 0 unspecified atom stereocenters. The highest BCUT2D eigenvalue weighted by atomic mass is 16.2. The molecule has 1 amide bonds. The van der Waals surface area contributed by atoms with Gasteiger partial charge in [0, 0.05) is 36.3 Å². The molecule has 0 bridgehead atoms. The third-order valence-corrected chi connectivity index (χ3v) is 4.08. The second-order valence-corrected chi connectivity index (χ2v) is 6.08. The number of likely N-dealkylation sites (N-methyl/N-ethyl adjacent to an activating group) is 1. The van der Waals surface area contributed by atoms with Gasteiger partial charge in [-0.3, -0.25) is 4.79 Å². The number of carbonyl (C=O) groups excluding carboxylic acids is 1. The fourth-order valence-electron chi connectivity index (χ4n) is 3.03. The van der Waals surface area contributed by atoms with Crippen LogP contribution in [-0.2, 0) is 4.79 Å². The molecule has 112 valence electrons. The summed E-state index contributed by atoms with van der Waals surface area (Å²) in [6, 6.07) is 6.20. The molecule has 1 saturated heterocycles. The number of hydrogen-bond donors (Lipinski definition) is 1. The van der Waals surface area contributed by atoms with E-state index in [-0.39, 0.29) is 5.91 Å². The Morgan fingerprint density at radius 1 is 1.52 bits per heavy atom. The predicted molar refractivity (Wildman–Crippen MR) is 83.2 cm³/mol. The summed E-state index contributed by atoms with van der Waals surface area (Å²) in [6.07, 6.45) is 3.99. The zero-order valence-corrected chi connectivity index (χ0v) is 12.7. The van der Waals surface area contributed by atoms with Gasteiger partial charge in [-0.2, -0.15) is 0 Å². The van der Waals surface area contributed by atoms with Crippen LogP contribution in [0.2, 0.25) is 0 Å². The van der Waals surface area contributed by atoms with Crippen molar-refractivity contribution in [3.63, 3.8) is 0 Å². The van der Waals surface area contributed by atoms with E-state index in [2.05, 4.69) is 22.1 Å². The van der Waals surface area contributed by atoms with E-state index in [0.717, 1.165) is 37.0 Å². The maximum atomic E-state index is 12.2. The molecular formula is C16H22N4O. The molecule has 1 atom stereocenters. The minimum Gasteiger partial charge on any atom is -0.343 e. The lowest BCUT2D eigenvalue weighted by Crippen LogP contribution is -2.43. The van der Waals surface area contributed by atoms with Gasteiger partial charge in [0.2, 0.25) is 5.91 Å². The lowest BCUT2D eigenvalue weighted by molar-refractivity contribution is -0.133. The topological polar surface area (TPSA) is 52.2 Å². The number of piperidine rings is 1. The molecule has 2 aromatic rings. The van der Waals surface area contributed by atoms with Crippen molar-refractivity contribution in [2.75, 3.05) is 33.7 Å². The van der Waals surface area contributed by atoms with E-state index in [9.17, 15) is 4.79 Å². The number of carbonyl (C=O) groups is 1. The number of H-pyrrole nitrogens is 1. The number of hydrogen-bond acceptors (Lipinski definition) is 3. The van der Waals surface area contributed by atoms with Crippen molar-refractivity contribution >= 4 is 16.9 Å². The Kier molecular flexibility index (Phi) is 3.92. The van der Waals surface area contributed by atoms with E-state index in [1.165, 1.54) is 5.69 Å². The van der Waals surface area contributed by atoms with Gasteiger partial charge in [0.15, 0.2) is 0 Å². The lowest BCUT2D eigenvalue weighted by Gasteiger charge is -2.33. The lowest BCUT2D eigenvalue weighted by atomic mass is 9.94. The Labute approximate surface area is 125 Å². The summed E-state index contributed by atoms with van der Waals surface area (Å²) in [7, 11) is 3.87. The first-order chi connectivity index (χ1) is 10.1. The number of nitrogens with zero attached hydrogens (tertiary/aromatic N) is 3. The van der Waals surface area contributed by atoms with Gasteiger partial charge in [0.1, 0.15) is 5.65 Å². The van der Waals surface area contributed by atoms with Crippen LogP contribution in [0.3, 0.4) is 0 Å². The van der Waals surface area contributed by atoms with Crippen molar-refractivity contribution in [1.82, 2.24) is 19.8 Å². The Morgan fingerprint density at radius 3 is 3.14 bits per heavy atom. The van der Waals surface area contributed by atoms with Crippen LogP contribution in [-0.4, -0.2) is 59.4 Å². The third-order valence-electron chi connectivity index (χ3n) is 4.08. The first-order valence-electron chi connectivity index (χ1n) is 7.49. The van der Waals surface area contributed by atoms with Gasteiger partial charge in [0.25, 0.3) is 0 Å². The fourth-order valence-corrected chi connectivity index (χ4v) is 3.03. The molecule has 1 fully saturated rings. The van der Waals surface area contributed by atoms with Crippen molar-refractivity contribution in [3.8, 4) is 0 Å². The van der Waals surface area contributed by atoms with E-state index in [4.69, 9.17) is 0 Å². The summed E-state index contributed by atoms with van der Waals surface area (Å²) in [6.45, 7) is 2.17. The van der Waals surface area contributed by atoms with Crippen LogP contribution in [0.25, 0.3) is 11.0 Å². The molecule has 1 aliphatic heterocycles. The number of nitrogens with one attached hydrogen (secondary N) is 1. The van der Waals surface area contributed by atoms with Crippen LogP contribution in [0.15, 0.2) is 24.4 Å². The molecule has 2 aromatic heterocycles. The summed E-state index contributed by atoms with van der Waals surface area (Å²) >= 11 is 0. The second-order valence-electron chi connectivity index (χ2n) is 6.08. The maximum Gasteiger partial charge on any atom is 0.236 e. The maximum absolute atomic E-state index is 12.2. The first-order valence-corrected chi connectivity index (χ1v) is 7.49. The number of likely N-dealkylation sites (tertiary alicyclic amines) is 1. The average Bonchev–Trinajstić information content (AvgIpc) is 2.90. The molecule has 0 radical (unpaired) electrons. The average molecular weight is 286 g/mol. The highest BCUT2D eigenvalue weighted by Gasteiger charge is 2.25. The van der Waals surface area contributed by atoms with Crippen molar-refractivity contribution in [2.45, 2.75) is 18.8 Å². The van der Waals surface area contributed by atoms with Gasteiger partial charge >= 0.3 is 0 Å². The van der Waals surface area contributed by atoms with Gasteiger partial charge in [-0.25, -0.2) is 4.98 Å². The van der Waals surface area contributed by atoms with E-state index >= 15 is 0 Å². The minimum absolute atomic E-state index is 0.221. The van der Waals surface area contributed by atoms with E-state index < -0.39 is 0 Å². The smallest absolute Gasteiger partial charge is 0.236 e. The number of aromatic nitrogens is 2. The molecule has 3 heterocycles. The SMILES string of the molecule is CN(C)CC(=O)N1CCC[C@H](c2cc3cccnc3[nH]2)C1. The van der Waals surface area contributed by atoms with Crippen molar-refractivity contribution in [2.24, 2.45) is 0 Å².